The molecular weight excluding hydrogens is 808 g/mol. The summed E-state index contributed by atoms with van der Waals surface area (Å²) in [6, 6.07) is 7.56. The van der Waals surface area contributed by atoms with Crippen LogP contribution in [-0.2, 0) is 5.41 Å². The van der Waals surface area contributed by atoms with Crippen LogP contribution in [0.2, 0.25) is 0 Å². The normalized spacial score (nSPS) is 17.1. The molecule has 6 rings (SSSR count). The van der Waals surface area contributed by atoms with E-state index in [2.05, 4.69) is 0 Å². The average Bonchev–Trinajstić information content (AvgIpc) is 3.69. The zero-order valence-electron chi connectivity index (χ0n) is 22.7. The van der Waals surface area contributed by atoms with Gasteiger partial charge in [-0.25, -0.2) is 0 Å². The summed E-state index contributed by atoms with van der Waals surface area (Å²) in [7, 11) is 6.65. The zero-order valence-corrected chi connectivity index (χ0v) is 29.8. The molecule has 45 heavy (non-hydrogen) atoms. The van der Waals surface area contributed by atoms with Crippen molar-refractivity contribution < 1.29 is 45.8 Å². The van der Waals surface area contributed by atoms with Crippen LogP contribution in [0.3, 0.4) is 0 Å². The molecule has 0 atom stereocenters. The molecule has 0 aromatic heterocycles. The fourth-order valence-corrected chi connectivity index (χ4v) is 34.7. The second-order valence-electron chi connectivity index (χ2n) is 10.1. The van der Waals surface area contributed by atoms with Gasteiger partial charge in [-0.05, 0) is 0 Å². The maximum atomic E-state index is 14.0. The predicted molar refractivity (Wildman–Crippen MR) is 171 cm³/mol. The van der Waals surface area contributed by atoms with E-state index in [1.165, 1.54) is 24.3 Å². The van der Waals surface area contributed by atoms with Crippen LogP contribution in [0.1, 0.15) is 22.8 Å². The molecule has 1 N–H and O–H groups in total. The van der Waals surface area contributed by atoms with Gasteiger partial charge in [0.25, 0.3) is 0 Å². The van der Waals surface area contributed by atoms with Gasteiger partial charge in [0.1, 0.15) is 0 Å². The fraction of sp³-hybridized carbons (Fsp3) is 0.286. The van der Waals surface area contributed by atoms with Crippen molar-refractivity contribution in [1.29, 1.82) is 0 Å². The summed E-state index contributed by atoms with van der Waals surface area (Å²) in [5.41, 5.74) is -6.19. The molecule has 2 aromatic carbocycles. The molecule has 2 fully saturated rings. The second kappa shape index (κ2) is 12.2. The van der Waals surface area contributed by atoms with Gasteiger partial charge in [0.15, 0.2) is 0 Å². The Morgan fingerprint density at radius 1 is 0.844 bits per heavy atom. The molecule has 238 valence electrons. The first kappa shape index (κ1) is 33.4. The SMILES string of the molecule is CC(c1ccc(-c2c3ccc(=O)c([As]4SCCS4)c-3oc3c([As]4SCCS4)c([O-])ccc23)c(C(=O)O)c1)(C(F)(F)F)C(F)(F)F. The molecule has 0 amide bonds. The van der Waals surface area contributed by atoms with Gasteiger partial charge < -0.3 is 0 Å². The summed E-state index contributed by atoms with van der Waals surface area (Å²) in [6.07, 6.45) is -11.6. The Labute approximate surface area is 274 Å². The van der Waals surface area contributed by atoms with Crippen LogP contribution >= 0.6 is 40.1 Å². The van der Waals surface area contributed by atoms with Crippen LogP contribution in [0, 0.1) is 0 Å². The van der Waals surface area contributed by atoms with Crippen molar-refractivity contribution in [3.05, 3.63) is 63.8 Å². The number of benzene rings is 3. The van der Waals surface area contributed by atoms with Crippen molar-refractivity contribution in [3.8, 4) is 28.2 Å². The first-order chi connectivity index (χ1) is 21.1. The first-order valence-electron chi connectivity index (χ1n) is 13.0. The topological polar surface area (TPSA) is 90.6 Å². The molecule has 0 bridgehead atoms. The number of fused-ring (bicyclic) bond motifs is 2. The Hall–Kier alpha value is -1.50. The first-order valence-corrected chi connectivity index (χ1v) is 27.9. The van der Waals surface area contributed by atoms with Crippen LogP contribution in [-0.4, -0.2) is 71.1 Å². The number of rotatable bonds is 5. The van der Waals surface area contributed by atoms with Gasteiger partial charge in [-0.2, -0.15) is 0 Å². The summed E-state index contributed by atoms with van der Waals surface area (Å²) < 4.78 is 91.3. The van der Waals surface area contributed by atoms with Gasteiger partial charge >= 0.3 is 276 Å². The third-order valence-corrected chi connectivity index (χ3v) is 34.7. The van der Waals surface area contributed by atoms with E-state index in [-0.39, 0.29) is 40.6 Å². The van der Waals surface area contributed by atoms with Crippen molar-refractivity contribution in [2.75, 3.05) is 23.0 Å². The maximum absolute atomic E-state index is 14.0. The van der Waals surface area contributed by atoms with Crippen LogP contribution in [0.5, 0.6) is 5.75 Å². The third-order valence-electron chi connectivity index (χ3n) is 7.53. The van der Waals surface area contributed by atoms with E-state index in [1.54, 1.807) is 40.1 Å². The van der Waals surface area contributed by atoms with Gasteiger partial charge in [-0.3, -0.25) is 0 Å². The van der Waals surface area contributed by atoms with E-state index in [0.29, 0.717) is 31.8 Å². The Morgan fingerprint density at radius 2 is 1.40 bits per heavy atom. The van der Waals surface area contributed by atoms with Crippen LogP contribution < -0.4 is 19.2 Å². The quantitative estimate of drug-likeness (QED) is 0.147. The van der Waals surface area contributed by atoms with Crippen molar-refractivity contribution in [3.63, 3.8) is 0 Å². The predicted octanol–water partition coefficient (Wildman–Crippen LogP) is 6.07. The monoisotopic (exact) mass is 827 g/mol. The molecule has 0 radical (unpaired) electrons. The van der Waals surface area contributed by atoms with E-state index < -0.39 is 59.5 Å². The van der Waals surface area contributed by atoms with Gasteiger partial charge in [0.2, 0.25) is 0 Å². The molecule has 3 aliphatic heterocycles. The van der Waals surface area contributed by atoms with Crippen molar-refractivity contribution >= 4 is 90.4 Å². The summed E-state index contributed by atoms with van der Waals surface area (Å²) in [5.74, 6) is 1.44. The van der Waals surface area contributed by atoms with E-state index >= 15 is 0 Å². The standard InChI is InChI=1S/C28H20As2F6O5S4/c1-26(27(31,32)33,28(34,35)36)13-2-3-14(17(12-13)25(39)40)20-15-4-6-18(37)21(29-42-8-9-43-29)23(15)41-24-16(20)5-7-19(38)22(24)30-44-10-11-45-30/h2-7,12,37H,8-11H2,1H3,(H,39,40)/p-1. The number of carboxylic acids is 1. The number of carbonyl (C=O) groups is 1. The third kappa shape index (κ3) is 5.61. The number of aromatic carboxylic acids is 1. The van der Waals surface area contributed by atoms with E-state index in [4.69, 9.17) is 4.42 Å². The zero-order chi connectivity index (χ0) is 32.5. The molecule has 2 aromatic rings. The van der Waals surface area contributed by atoms with Crippen molar-refractivity contribution in [2.45, 2.75) is 24.7 Å². The number of halogens is 6. The van der Waals surface area contributed by atoms with Gasteiger partial charge in [0.05, 0.1) is 0 Å². The molecule has 4 aliphatic rings. The molecular formula is C28H19As2F6O5S4-. The Bertz CT molecular complexity index is 1840. The van der Waals surface area contributed by atoms with E-state index in [1.807, 2.05) is 0 Å². The van der Waals surface area contributed by atoms with E-state index in [9.17, 15) is 46.1 Å². The Kier molecular flexibility index (Phi) is 9.04. The molecule has 1 aliphatic carbocycles. The van der Waals surface area contributed by atoms with Gasteiger partial charge in [-0.15, -0.1) is 0 Å². The molecule has 0 spiro atoms. The van der Waals surface area contributed by atoms with Crippen LogP contribution in [0.15, 0.2) is 51.7 Å². The Morgan fingerprint density at radius 3 is 1.96 bits per heavy atom. The van der Waals surface area contributed by atoms with Crippen molar-refractivity contribution in [2.24, 2.45) is 0 Å². The molecule has 17 heteroatoms. The van der Waals surface area contributed by atoms with Crippen LogP contribution in [0.4, 0.5) is 26.3 Å². The molecule has 2 saturated heterocycles. The van der Waals surface area contributed by atoms with Gasteiger partial charge in [0, 0.05) is 0 Å². The average molecular weight is 828 g/mol. The minimum absolute atomic E-state index is 0.0203. The Balaban J connectivity index is 1.73. The summed E-state index contributed by atoms with van der Waals surface area (Å²) >= 11 is -4.16. The number of alkyl halides is 6. The minimum atomic E-state index is -5.78. The molecule has 0 saturated carbocycles. The second-order valence-corrected chi connectivity index (χ2v) is 33.3. The summed E-state index contributed by atoms with van der Waals surface area (Å²) in [4.78, 5) is 25.9. The van der Waals surface area contributed by atoms with Gasteiger partial charge in [-0.1, -0.05) is 0 Å². The molecule has 0 unspecified atom stereocenters. The summed E-state index contributed by atoms with van der Waals surface area (Å²) in [5, 5.41) is 23.8. The number of carboxylic acid groups (broad SMARTS) is 1. The van der Waals surface area contributed by atoms with E-state index in [0.717, 1.165) is 29.1 Å². The van der Waals surface area contributed by atoms with Crippen molar-refractivity contribution in [1.82, 2.24) is 0 Å². The summed E-state index contributed by atoms with van der Waals surface area (Å²) in [6.45, 7) is -0.0203. The molecule has 3 heterocycles. The molecule has 5 nitrogen and oxygen atoms in total. The van der Waals surface area contributed by atoms with Crippen LogP contribution in [0.25, 0.3) is 33.4 Å². The number of hydrogen-bond donors (Lipinski definition) is 1. The fourth-order valence-electron chi connectivity index (χ4n) is 5.14. The number of hydrogen-bond acceptors (Lipinski definition) is 8.